The van der Waals surface area contributed by atoms with E-state index in [1.54, 1.807) is 6.82 Å². The molecule has 2 fully saturated rings. The minimum absolute atomic E-state index is 0.0483. The summed E-state index contributed by atoms with van der Waals surface area (Å²) in [5.74, 6) is 0. The molecule has 2 saturated heterocycles. The fourth-order valence-electron chi connectivity index (χ4n) is 3.72. The molecule has 2 rings (SSSR count). The molecule has 2 aliphatic rings. The number of alkyl halides is 1. The van der Waals surface area contributed by atoms with Gasteiger partial charge in [-0.2, -0.15) is 0 Å². The molecule has 16 heavy (non-hydrogen) atoms. The van der Waals surface area contributed by atoms with E-state index in [-0.39, 0.29) is 17.6 Å². The Morgan fingerprint density at radius 2 is 2.25 bits per heavy atom. The topological polar surface area (TPSA) is 35.5 Å². The van der Waals surface area contributed by atoms with Gasteiger partial charge in [0.1, 0.15) is 6.17 Å². The van der Waals surface area contributed by atoms with Gasteiger partial charge in [-0.15, -0.1) is 0 Å². The second-order valence-corrected chi connectivity index (χ2v) is 5.54. The smallest absolute Gasteiger partial charge is 0.377 e. The quantitative estimate of drug-likeness (QED) is 0.693. The number of piperidine rings is 2. The lowest BCUT2D eigenvalue weighted by Crippen LogP contribution is -2.70. The van der Waals surface area contributed by atoms with Crippen molar-refractivity contribution in [3.63, 3.8) is 0 Å². The molecule has 0 saturated carbocycles. The molecule has 0 radical (unpaired) electrons. The van der Waals surface area contributed by atoms with E-state index in [2.05, 4.69) is 12.2 Å². The zero-order chi connectivity index (χ0) is 11.9. The summed E-state index contributed by atoms with van der Waals surface area (Å²) < 4.78 is 14.3. The van der Waals surface area contributed by atoms with Crippen molar-refractivity contribution in [2.75, 3.05) is 7.05 Å². The molecule has 0 aliphatic carbocycles. The molecule has 2 bridgehead atoms. The zero-order valence-electron chi connectivity index (χ0n) is 10.4. The largest absolute Gasteiger partial charge is 0.437 e. The SMILES string of the molecule is CN[C@H]1C[C@]2(C)CCC[C@H]([C@H]1F)N2B(C)O. The van der Waals surface area contributed by atoms with Gasteiger partial charge in [0.25, 0.3) is 0 Å². The number of nitrogens with one attached hydrogen (secondary N) is 1. The number of rotatable bonds is 2. The van der Waals surface area contributed by atoms with E-state index in [0.29, 0.717) is 0 Å². The van der Waals surface area contributed by atoms with Crippen LogP contribution in [0.2, 0.25) is 6.82 Å². The van der Waals surface area contributed by atoms with Gasteiger partial charge in [-0.25, -0.2) is 4.39 Å². The van der Waals surface area contributed by atoms with Crippen molar-refractivity contribution in [2.24, 2.45) is 0 Å². The van der Waals surface area contributed by atoms with Crippen LogP contribution in [0, 0.1) is 0 Å². The van der Waals surface area contributed by atoms with E-state index in [4.69, 9.17) is 0 Å². The molecule has 2 heterocycles. The first-order valence-electron chi connectivity index (χ1n) is 6.27. The Balaban J connectivity index is 2.28. The van der Waals surface area contributed by atoms with Gasteiger partial charge in [0.15, 0.2) is 0 Å². The van der Waals surface area contributed by atoms with E-state index >= 15 is 0 Å². The van der Waals surface area contributed by atoms with Crippen LogP contribution in [0.25, 0.3) is 0 Å². The molecule has 0 aromatic rings. The normalized spacial score (nSPS) is 44.4. The molecule has 3 nitrogen and oxygen atoms in total. The summed E-state index contributed by atoms with van der Waals surface area (Å²) in [6.07, 6.45) is 2.90. The zero-order valence-corrected chi connectivity index (χ0v) is 10.4. The fraction of sp³-hybridized carbons (Fsp3) is 1.00. The third kappa shape index (κ3) is 1.79. The van der Waals surface area contributed by atoms with Gasteiger partial charge in [-0.05, 0) is 40.1 Å². The van der Waals surface area contributed by atoms with Crippen molar-refractivity contribution in [1.29, 1.82) is 0 Å². The summed E-state index contributed by atoms with van der Waals surface area (Å²) >= 11 is 0. The number of halogens is 1. The van der Waals surface area contributed by atoms with Crippen molar-refractivity contribution in [2.45, 2.75) is 63.2 Å². The maximum atomic E-state index is 14.3. The van der Waals surface area contributed by atoms with Crippen molar-refractivity contribution in [3.05, 3.63) is 0 Å². The Morgan fingerprint density at radius 3 is 2.81 bits per heavy atom. The Morgan fingerprint density at radius 1 is 1.56 bits per heavy atom. The first-order chi connectivity index (χ1) is 7.49. The van der Waals surface area contributed by atoms with E-state index < -0.39 is 13.2 Å². The van der Waals surface area contributed by atoms with Crippen LogP contribution in [0.1, 0.15) is 32.6 Å². The van der Waals surface area contributed by atoms with Gasteiger partial charge in [-0.3, -0.25) is 0 Å². The lowest BCUT2D eigenvalue weighted by Gasteiger charge is -2.57. The molecule has 0 unspecified atom stereocenters. The van der Waals surface area contributed by atoms with Crippen molar-refractivity contribution >= 4 is 7.05 Å². The molecule has 4 atom stereocenters. The molecule has 2 aliphatic heterocycles. The first-order valence-corrected chi connectivity index (χ1v) is 6.27. The highest BCUT2D eigenvalue weighted by Gasteiger charge is 2.53. The van der Waals surface area contributed by atoms with Crippen LogP contribution in [0.4, 0.5) is 4.39 Å². The Bertz CT molecular complexity index is 266. The van der Waals surface area contributed by atoms with E-state index in [1.807, 2.05) is 11.9 Å². The molecule has 92 valence electrons. The fourth-order valence-corrected chi connectivity index (χ4v) is 3.72. The summed E-state index contributed by atoms with van der Waals surface area (Å²) in [5, 5.41) is 12.9. The first kappa shape index (κ1) is 12.3. The monoisotopic (exact) mass is 228 g/mol. The molecule has 0 aromatic carbocycles. The number of nitrogens with zero attached hydrogens (tertiary/aromatic N) is 1. The van der Waals surface area contributed by atoms with Crippen LogP contribution in [0.3, 0.4) is 0 Å². The second kappa shape index (κ2) is 4.28. The number of hydrogen-bond donors (Lipinski definition) is 2. The van der Waals surface area contributed by atoms with E-state index in [9.17, 15) is 9.41 Å². The van der Waals surface area contributed by atoms with Crippen LogP contribution < -0.4 is 5.32 Å². The summed E-state index contributed by atoms with van der Waals surface area (Å²) in [5.41, 5.74) is -0.0483. The Labute approximate surface area is 97.5 Å². The number of fused-ring (bicyclic) bond motifs is 2. The van der Waals surface area contributed by atoms with Gasteiger partial charge in [0.2, 0.25) is 0 Å². The minimum atomic E-state index is -0.868. The molecular formula is C11H22BFN2O. The molecule has 0 amide bonds. The molecular weight excluding hydrogens is 206 g/mol. The average Bonchev–Trinajstić information content (AvgIpc) is 2.22. The molecule has 0 spiro atoms. The summed E-state index contributed by atoms with van der Waals surface area (Å²) in [7, 11) is 1.28. The summed E-state index contributed by atoms with van der Waals surface area (Å²) in [4.78, 5) is 2.00. The highest BCUT2D eigenvalue weighted by atomic mass is 19.1. The molecule has 2 N–H and O–H groups in total. The van der Waals surface area contributed by atoms with Gasteiger partial charge in [-0.1, -0.05) is 6.42 Å². The lowest BCUT2D eigenvalue weighted by molar-refractivity contribution is -0.0376. The minimum Gasteiger partial charge on any atom is -0.437 e. The van der Waals surface area contributed by atoms with Gasteiger partial charge < -0.3 is 15.2 Å². The third-order valence-electron chi connectivity index (χ3n) is 4.38. The average molecular weight is 228 g/mol. The predicted molar refractivity (Wildman–Crippen MR) is 64.1 cm³/mol. The van der Waals surface area contributed by atoms with Gasteiger partial charge in [0.05, 0.1) is 0 Å². The second-order valence-electron chi connectivity index (χ2n) is 5.54. The highest BCUT2D eigenvalue weighted by Crippen LogP contribution is 2.43. The van der Waals surface area contributed by atoms with Crippen LogP contribution in [-0.2, 0) is 0 Å². The standard InChI is InChI=1S/C11H22BFN2O/c1-11-6-4-5-9(15(11)12(2)16)10(13)8(7-11)14-3/h8-10,14,16H,4-7H2,1-3H3/t8-,9+,10-,11-/m0/s1. The maximum Gasteiger partial charge on any atom is 0.377 e. The van der Waals surface area contributed by atoms with E-state index in [0.717, 1.165) is 25.7 Å². The Kier molecular flexibility index (Phi) is 3.30. The van der Waals surface area contributed by atoms with E-state index in [1.165, 1.54) is 0 Å². The summed E-state index contributed by atoms with van der Waals surface area (Å²) in [6.45, 7) is 3.91. The van der Waals surface area contributed by atoms with Gasteiger partial charge in [0, 0.05) is 17.6 Å². The lowest BCUT2D eigenvalue weighted by atomic mass is 9.64. The Hall–Kier alpha value is -0.125. The van der Waals surface area contributed by atoms with Crippen LogP contribution in [-0.4, -0.2) is 47.7 Å². The van der Waals surface area contributed by atoms with Crippen LogP contribution in [0.5, 0.6) is 0 Å². The number of hydrogen-bond acceptors (Lipinski definition) is 3. The highest BCUT2D eigenvalue weighted by molar-refractivity contribution is 6.45. The van der Waals surface area contributed by atoms with Crippen LogP contribution in [0.15, 0.2) is 0 Å². The summed E-state index contributed by atoms with van der Waals surface area (Å²) in [6, 6.07) is -0.185. The molecule has 0 aromatic heterocycles. The van der Waals surface area contributed by atoms with Crippen molar-refractivity contribution in [3.8, 4) is 0 Å². The van der Waals surface area contributed by atoms with Crippen molar-refractivity contribution in [1.82, 2.24) is 10.1 Å². The predicted octanol–water partition coefficient (Wildman–Crippen LogP) is 1.04. The van der Waals surface area contributed by atoms with Crippen LogP contribution >= 0.6 is 0 Å². The maximum absolute atomic E-state index is 14.3. The van der Waals surface area contributed by atoms with Gasteiger partial charge >= 0.3 is 7.05 Å². The third-order valence-corrected chi connectivity index (χ3v) is 4.38. The molecule has 5 heteroatoms. The van der Waals surface area contributed by atoms with Crippen molar-refractivity contribution < 1.29 is 9.41 Å².